The quantitative estimate of drug-likeness (QED) is 0.706. The third kappa shape index (κ3) is 4.01. The molecule has 1 aromatic carbocycles. The number of ether oxygens (including phenoxy) is 3. The second-order valence-electron chi connectivity index (χ2n) is 4.97. The van der Waals surface area contributed by atoms with Crippen molar-refractivity contribution < 1.29 is 23.5 Å². The third-order valence-electron chi connectivity index (χ3n) is 3.01. The van der Waals surface area contributed by atoms with Gasteiger partial charge < -0.3 is 18.7 Å². The van der Waals surface area contributed by atoms with E-state index >= 15 is 0 Å². The molecule has 0 aliphatic rings. The van der Waals surface area contributed by atoms with Gasteiger partial charge in [0.05, 0.1) is 19.8 Å². The van der Waals surface area contributed by atoms with E-state index in [1.54, 1.807) is 12.1 Å². The first-order chi connectivity index (χ1) is 11.0. The Morgan fingerprint density at radius 1 is 1.26 bits per heavy atom. The van der Waals surface area contributed by atoms with Gasteiger partial charge in [0, 0.05) is 5.92 Å². The minimum absolute atomic E-state index is 0.0980. The molecule has 7 nitrogen and oxygen atoms in total. The summed E-state index contributed by atoms with van der Waals surface area (Å²) in [4.78, 5) is 16.3. The van der Waals surface area contributed by atoms with Crippen molar-refractivity contribution in [3.05, 3.63) is 33.9 Å². The molecule has 2 aromatic rings. The molecule has 0 amide bonds. The van der Waals surface area contributed by atoms with Crippen molar-refractivity contribution in [1.82, 2.24) is 10.1 Å². The summed E-state index contributed by atoms with van der Waals surface area (Å²) in [5.41, 5.74) is 0.297. The van der Waals surface area contributed by atoms with Gasteiger partial charge in [-0.1, -0.05) is 19.0 Å². The smallest absolute Gasteiger partial charge is 0.338 e. The second-order valence-corrected chi connectivity index (χ2v) is 5.76. The van der Waals surface area contributed by atoms with Gasteiger partial charge >= 0.3 is 5.97 Å². The molecule has 23 heavy (non-hydrogen) atoms. The highest BCUT2D eigenvalue weighted by Crippen LogP contribution is 2.35. The normalized spacial score (nSPS) is 10.7. The lowest BCUT2D eigenvalue weighted by Crippen LogP contribution is -2.06. The largest absolute Gasteiger partial charge is 0.495 e. The minimum atomic E-state index is -0.543. The Morgan fingerprint density at radius 3 is 2.35 bits per heavy atom. The van der Waals surface area contributed by atoms with Crippen LogP contribution in [0.3, 0.4) is 0 Å². The Balaban J connectivity index is 2.11. The summed E-state index contributed by atoms with van der Waals surface area (Å²) in [6, 6.07) is 3.12. The van der Waals surface area contributed by atoms with E-state index in [1.807, 2.05) is 13.8 Å². The zero-order chi connectivity index (χ0) is 17.0. The molecule has 0 saturated heterocycles. The van der Waals surface area contributed by atoms with Gasteiger partial charge in [-0.2, -0.15) is 4.98 Å². The third-order valence-corrected chi connectivity index (χ3v) is 3.79. The number of nitrogens with zero attached hydrogens (tertiary/aromatic N) is 2. The molecule has 0 spiro atoms. The first-order valence-corrected chi connectivity index (χ1v) is 7.66. The molecule has 0 saturated carbocycles. The number of rotatable bonds is 6. The molecule has 2 rings (SSSR count). The highest BCUT2D eigenvalue weighted by Gasteiger charge is 2.17. The SMILES string of the molecule is COc1cc(C(=O)OCc2nc(C(C)C)no2)cc(OC)c1Br. The van der Waals surface area contributed by atoms with E-state index in [9.17, 15) is 4.79 Å². The van der Waals surface area contributed by atoms with Crippen LogP contribution in [0.2, 0.25) is 0 Å². The molecule has 0 aliphatic heterocycles. The molecule has 0 radical (unpaired) electrons. The van der Waals surface area contributed by atoms with Crippen LogP contribution >= 0.6 is 15.9 Å². The summed E-state index contributed by atoms with van der Waals surface area (Å²) in [5, 5.41) is 3.81. The molecular formula is C15H17BrN2O5. The average molecular weight is 385 g/mol. The van der Waals surface area contributed by atoms with Crippen molar-refractivity contribution in [3.63, 3.8) is 0 Å². The summed E-state index contributed by atoms with van der Waals surface area (Å²) in [6.45, 7) is 3.79. The van der Waals surface area contributed by atoms with Crippen molar-refractivity contribution >= 4 is 21.9 Å². The van der Waals surface area contributed by atoms with Crippen molar-refractivity contribution in [2.45, 2.75) is 26.4 Å². The van der Waals surface area contributed by atoms with E-state index in [-0.39, 0.29) is 18.4 Å². The van der Waals surface area contributed by atoms with Gasteiger partial charge in [0.25, 0.3) is 5.89 Å². The fourth-order valence-electron chi connectivity index (χ4n) is 1.76. The van der Waals surface area contributed by atoms with Crippen LogP contribution in [0, 0.1) is 0 Å². The predicted octanol–water partition coefficient (Wildman–Crippen LogP) is 3.33. The number of carbonyl (C=O) groups excluding carboxylic acids is 1. The molecule has 124 valence electrons. The maximum Gasteiger partial charge on any atom is 0.338 e. The van der Waals surface area contributed by atoms with Crippen molar-refractivity contribution in [3.8, 4) is 11.5 Å². The molecule has 0 N–H and O–H groups in total. The number of benzene rings is 1. The Kier molecular flexibility index (Phi) is 5.59. The minimum Gasteiger partial charge on any atom is -0.495 e. The van der Waals surface area contributed by atoms with E-state index < -0.39 is 5.97 Å². The number of hydrogen-bond acceptors (Lipinski definition) is 7. The van der Waals surface area contributed by atoms with Gasteiger partial charge in [0.15, 0.2) is 12.4 Å². The molecule has 0 aliphatic carbocycles. The van der Waals surface area contributed by atoms with Crippen LogP contribution < -0.4 is 9.47 Å². The van der Waals surface area contributed by atoms with E-state index in [0.717, 1.165) is 0 Å². The van der Waals surface area contributed by atoms with Crippen LogP contribution in [-0.4, -0.2) is 30.3 Å². The van der Waals surface area contributed by atoms with E-state index in [1.165, 1.54) is 14.2 Å². The maximum absolute atomic E-state index is 12.2. The topological polar surface area (TPSA) is 83.7 Å². The van der Waals surface area contributed by atoms with Crippen molar-refractivity contribution in [1.29, 1.82) is 0 Å². The lowest BCUT2D eigenvalue weighted by atomic mass is 10.2. The van der Waals surface area contributed by atoms with Crippen LogP contribution in [0.4, 0.5) is 0 Å². The van der Waals surface area contributed by atoms with E-state index in [4.69, 9.17) is 18.7 Å². The monoisotopic (exact) mass is 384 g/mol. The Labute approximate surface area is 142 Å². The highest BCUT2D eigenvalue weighted by atomic mass is 79.9. The van der Waals surface area contributed by atoms with Gasteiger partial charge in [-0.3, -0.25) is 0 Å². The Bertz CT molecular complexity index is 674. The highest BCUT2D eigenvalue weighted by molar-refractivity contribution is 9.10. The molecule has 1 aromatic heterocycles. The predicted molar refractivity (Wildman–Crippen MR) is 84.8 cm³/mol. The summed E-state index contributed by atoms with van der Waals surface area (Å²) >= 11 is 3.34. The number of aromatic nitrogens is 2. The van der Waals surface area contributed by atoms with Crippen LogP contribution in [0.1, 0.15) is 41.8 Å². The van der Waals surface area contributed by atoms with Crippen molar-refractivity contribution in [2.24, 2.45) is 0 Å². The number of halogens is 1. The van der Waals surface area contributed by atoms with Crippen LogP contribution in [-0.2, 0) is 11.3 Å². The summed E-state index contributed by atoms with van der Waals surface area (Å²) < 4.78 is 21.2. The fraction of sp³-hybridized carbons (Fsp3) is 0.400. The van der Waals surface area contributed by atoms with Gasteiger partial charge in [-0.15, -0.1) is 0 Å². The van der Waals surface area contributed by atoms with E-state index in [0.29, 0.717) is 27.4 Å². The van der Waals surface area contributed by atoms with E-state index in [2.05, 4.69) is 26.1 Å². The molecule has 0 atom stereocenters. The van der Waals surface area contributed by atoms with Crippen LogP contribution in [0.15, 0.2) is 21.1 Å². The van der Waals surface area contributed by atoms with Gasteiger partial charge in [-0.05, 0) is 28.1 Å². The molecule has 0 fully saturated rings. The van der Waals surface area contributed by atoms with Gasteiger partial charge in [-0.25, -0.2) is 4.79 Å². The fourth-order valence-corrected chi connectivity index (χ4v) is 2.31. The number of hydrogen-bond donors (Lipinski definition) is 0. The first kappa shape index (κ1) is 17.3. The summed E-state index contributed by atoms with van der Waals surface area (Å²) in [6.07, 6.45) is 0. The van der Waals surface area contributed by atoms with Crippen LogP contribution in [0.5, 0.6) is 11.5 Å². The zero-order valence-corrected chi connectivity index (χ0v) is 14.8. The standard InChI is InChI=1S/C15H17BrN2O5/c1-8(2)14-17-12(23-18-14)7-22-15(19)9-5-10(20-3)13(16)11(6-9)21-4/h5-6,8H,7H2,1-4H3. The molecule has 0 unspecified atom stereocenters. The maximum atomic E-state index is 12.2. The van der Waals surface area contributed by atoms with Crippen LogP contribution in [0.25, 0.3) is 0 Å². The lowest BCUT2D eigenvalue weighted by Gasteiger charge is -2.10. The average Bonchev–Trinajstić information content (AvgIpc) is 3.02. The first-order valence-electron chi connectivity index (χ1n) is 6.87. The molecule has 0 bridgehead atoms. The number of carbonyl (C=O) groups is 1. The van der Waals surface area contributed by atoms with Gasteiger partial charge in [0.2, 0.25) is 0 Å². The molecule has 8 heteroatoms. The second kappa shape index (κ2) is 7.45. The molecular weight excluding hydrogens is 368 g/mol. The lowest BCUT2D eigenvalue weighted by molar-refractivity contribution is 0.0429. The molecule has 1 heterocycles. The summed E-state index contributed by atoms with van der Waals surface area (Å²) in [5.74, 6) is 1.36. The zero-order valence-electron chi connectivity index (χ0n) is 13.3. The Morgan fingerprint density at radius 2 is 1.87 bits per heavy atom. The summed E-state index contributed by atoms with van der Waals surface area (Å²) in [7, 11) is 3.00. The Hall–Kier alpha value is -2.09. The number of esters is 1. The number of methoxy groups -OCH3 is 2. The van der Waals surface area contributed by atoms with Gasteiger partial charge in [0.1, 0.15) is 16.0 Å². The van der Waals surface area contributed by atoms with Crippen molar-refractivity contribution in [2.75, 3.05) is 14.2 Å².